The number of aliphatic hydroxyl groups is 1. The van der Waals surface area contributed by atoms with Gasteiger partial charge in [0.2, 0.25) is 0 Å². The summed E-state index contributed by atoms with van der Waals surface area (Å²) in [5.41, 5.74) is -0.165. The van der Waals surface area contributed by atoms with Crippen LogP contribution in [-0.2, 0) is 9.47 Å². The monoisotopic (exact) mass is 245 g/mol. The van der Waals surface area contributed by atoms with E-state index in [4.69, 9.17) is 9.47 Å². The molecule has 1 rings (SSSR count). The molecule has 1 atom stereocenters. The fraction of sp³-hybridized carbons (Fsp3) is 1.00. The Morgan fingerprint density at radius 2 is 2.12 bits per heavy atom. The number of aliphatic hydroxyl groups excluding tert-OH is 1. The molecular weight excluding hydrogens is 218 g/mol. The molecule has 1 unspecified atom stereocenters. The first-order chi connectivity index (χ1) is 8.20. The number of likely N-dealkylation sites (N-methyl/N-ethyl adjacent to an activating group) is 1. The summed E-state index contributed by atoms with van der Waals surface area (Å²) in [6.45, 7) is 5.62. The normalized spacial score (nSPS) is 21.4. The minimum atomic E-state index is -0.165. The van der Waals surface area contributed by atoms with E-state index in [-0.39, 0.29) is 12.1 Å². The lowest BCUT2D eigenvalue weighted by atomic mass is 9.97. The standard InChI is InChI=1S/C13H27NO3/c1-13(11-15,14-2)6-3-7-17-10-12-4-8-16-9-5-12/h12,14-15H,3-11H2,1-2H3. The summed E-state index contributed by atoms with van der Waals surface area (Å²) < 4.78 is 11.0. The average molecular weight is 245 g/mol. The third-order valence-electron chi connectivity index (χ3n) is 3.66. The third kappa shape index (κ3) is 5.82. The summed E-state index contributed by atoms with van der Waals surface area (Å²) in [5, 5.41) is 12.4. The van der Waals surface area contributed by atoms with E-state index < -0.39 is 0 Å². The zero-order valence-corrected chi connectivity index (χ0v) is 11.2. The fourth-order valence-electron chi connectivity index (χ4n) is 2.01. The van der Waals surface area contributed by atoms with Crippen LogP contribution in [0.25, 0.3) is 0 Å². The van der Waals surface area contributed by atoms with E-state index in [0.717, 1.165) is 52.1 Å². The molecule has 1 aliphatic rings. The highest BCUT2D eigenvalue weighted by molar-refractivity contribution is 4.79. The van der Waals surface area contributed by atoms with Gasteiger partial charge < -0.3 is 19.9 Å². The van der Waals surface area contributed by atoms with Crippen LogP contribution in [0.3, 0.4) is 0 Å². The van der Waals surface area contributed by atoms with Crippen LogP contribution in [0, 0.1) is 5.92 Å². The maximum atomic E-state index is 9.23. The summed E-state index contributed by atoms with van der Waals surface area (Å²) in [5.74, 6) is 0.678. The second-order valence-electron chi connectivity index (χ2n) is 5.20. The SMILES string of the molecule is CNC(C)(CO)CCCOCC1CCOCC1. The Balaban J connectivity index is 2.00. The highest BCUT2D eigenvalue weighted by atomic mass is 16.5. The van der Waals surface area contributed by atoms with Crippen LogP contribution in [0.2, 0.25) is 0 Å². The molecule has 4 nitrogen and oxygen atoms in total. The summed E-state index contributed by atoms with van der Waals surface area (Å²) in [7, 11) is 1.89. The molecule has 0 radical (unpaired) electrons. The topological polar surface area (TPSA) is 50.7 Å². The molecule has 0 aromatic carbocycles. The molecule has 0 bridgehead atoms. The van der Waals surface area contributed by atoms with E-state index >= 15 is 0 Å². The molecule has 1 fully saturated rings. The lowest BCUT2D eigenvalue weighted by Gasteiger charge is -2.27. The quantitative estimate of drug-likeness (QED) is 0.631. The predicted molar refractivity (Wildman–Crippen MR) is 68.1 cm³/mol. The van der Waals surface area contributed by atoms with E-state index in [1.165, 1.54) is 0 Å². The van der Waals surface area contributed by atoms with Gasteiger partial charge in [-0.15, -0.1) is 0 Å². The molecule has 4 heteroatoms. The number of hydrogen-bond donors (Lipinski definition) is 2. The van der Waals surface area contributed by atoms with Gasteiger partial charge in [0.1, 0.15) is 0 Å². The molecule has 1 heterocycles. The largest absolute Gasteiger partial charge is 0.394 e. The van der Waals surface area contributed by atoms with Crippen molar-refractivity contribution >= 4 is 0 Å². The molecule has 0 spiro atoms. The van der Waals surface area contributed by atoms with Crippen LogP contribution in [-0.4, -0.2) is 50.7 Å². The van der Waals surface area contributed by atoms with Gasteiger partial charge in [-0.3, -0.25) is 0 Å². The maximum Gasteiger partial charge on any atom is 0.0610 e. The highest BCUT2D eigenvalue weighted by Gasteiger charge is 2.20. The number of nitrogens with one attached hydrogen (secondary N) is 1. The lowest BCUT2D eigenvalue weighted by Crippen LogP contribution is -2.43. The van der Waals surface area contributed by atoms with Crippen LogP contribution >= 0.6 is 0 Å². The molecule has 0 saturated carbocycles. The molecule has 2 N–H and O–H groups in total. The number of rotatable bonds is 8. The summed E-state index contributed by atoms with van der Waals surface area (Å²) in [6, 6.07) is 0. The van der Waals surface area contributed by atoms with Gasteiger partial charge in [-0.1, -0.05) is 0 Å². The Labute approximate surface area is 105 Å². The van der Waals surface area contributed by atoms with Crippen molar-refractivity contribution < 1.29 is 14.6 Å². The van der Waals surface area contributed by atoms with Crippen LogP contribution < -0.4 is 5.32 Å². The van der Waals surface area contributed by atoms with Crippen molar-refractivity contribution in [3.8, 4) is 0 Å². The summed E-state index contributed by atoms with van der Waals surface area (Å²) in [6.07, 6.45) is 4.19. The zero-order chi connectivity index (χ0) is 12.6. The molecule has 0 amide bonds. The van der Waals surface area contributed by atoms with Crippen LogP contribution in [0.4, 0.5) is 0 Å². The van der Waals surface area contributed by atoms with Gasteiger partial charge in [0.15, 0.2) is 0 Å². The van der Waals surface area contributed by atoms with Crippen molar-refractivity contribution in [2.45, 2.75) is 38.1 Å². The maximum absolute atomic E-state index is 9.23. The van der Waals surface area contributed by atoms with Gasteiger partial charge in [0.25, 0.3) is 0 Å². The van der Waals surface area contributed by atoms with Crippen LogP contribution in [0.5, 0.6) is 0 Å². The zero-order valence-electron chi connectivity index (χ0n) is 11.2. The third-order valence-corrected chi connectivity index (χ3v) is 3.66. The smallest absolute Gasteiger partial charge is 0.0610 e. The Hall–Kier alpha value is -0.160. The van der Waals surface area contributed by atoms with Gasteiger partial charge in [-0.25, -0.2) is 0 Å². The summed E-state index contributed by atoms with van der Waals surface area (Å²) in [4.78, 5) is 0. The Morgan fingerprint density at radius 3 is 2.71 bits per heavy atom. The van der Waals surface area contributed by atoms with Gasteiger partial charge in [-0.2, -0.15) is 0 Å². The summed E-state index contributed by atoms with van der Waals surface area (Å²) >= 11 is 0. The van der Waals surface area contributed by atoms with Crippen molar-refractivity contribution in [3.05, 3.63) is 0 Å². The van der Waals surface area contributed by atoms with E-state index in [2.05, 4.69) is 5.32 Å². The fourth-order valence-corrected chi connectivity index (χ4v) is 2.01. The molecule has 0 aromatic rings. The van der Waals surface area contributed by atoms with Gasteiger partial charge >= 0.3 is 0 Å². The Kier molecular flexibility index (Phi) is 7.04. The number of ether oxygens (including phenoxy) is 2. The first-order valence-electron chi connectivity index (χ1n) is 6.65. The average Bonchev–Trinajstić information content (AvgIpc) is 2.39. The molecule has 17 heavy (non-hydrogen) atoms. The second kappa shape index (κ2) is 8.03. The minimum Gasteiger partial charge on any atom is -0.394 e. The van der Waals surface area contributed by atoms with Gasteiger partial charge in [0, 0.05) is 32.0 Å². The number of hydrogen-bond acceptors (Lipinski definition) is 4. The van der Waals surface area contributed by atoms with Gasteiger partial charge in [0.05, 0.1) is 6.61 Å². The first-order valence-corrected chi connectivity index (χ1v) is 6.65. The van der Waals surface area contributed by atoms with Crippen molar-refractivity contribution in [2.24, 2.45) is 5.92 Å². The van der Waals surface area contributed by atoms with Crippen molar-refractivity contribution in [3.63, 3.8) is 0 Å². The van der Waals surface area contributed by atoms with E-state index in [1.54, 1.807) is 0 Å². The predicted octanol–water partition coefficient (Wildman–Crippen LogP) is 1.18. The van der Waals surface area contributed by atoms with E-state index in [1.807, 2.05) is 14.0 Å². The second-order valence-corrected chi connectivity index (χ2v) is 5.20. The van der Waals surface area contributed by atoms with Crippen molar-refractivity contribution in [1.82, 2.24) is 5.32 Å². The lowest BCUT2D eigenvalue weighted by molar-refractivity contribution is 0.0182. The Morgan fingerprint density at radius 1 is 1.41 bits per heavy atom. The highest BCUT2D eigenvalue weighted by Crippen LogP contribution is 2.15. The molecule has 102 valence electrons. The molecule has 1 aliphatic heterocycles. The minimum absolute atomic E-state index is 0.165. The van der Waals surface area contributed by atoms with Gasteiger partial charge in [-0.05, 0) is 45.6 Å². The van der Waals surface area contributed by atoms with Crippen LogP contribution in [0.1, 0.15) is 32.6 Å². The van der Waals surface area contributed by atoms with E-state index in [0.29, 0.717) is 5.92 Å². The van der Waals surface area contributed by atoms with Crippen molar-refractivity contribution in [1.29, 1.82) is 0 Å². The first kappa shape index (κ1) is 14.9. The molecule has 1 saturated heterocycles. The Bertz CT molecular complexity index is 189. The molecular formula is C13H27NO3. The van der Waals surface area contributed by atoms with E-state index in [9.17, 15) is 5.11 Å². The van der Waals surface area contributed by atoms with Crippen molar-refractivity contribution in [2.75, 3.05) is 40.1 Å². The molecule has 0 aromatic heterocycles. The van der Waals surface area contributed by atoms with Crippen LogP contribution in [0.15, 0.2) is 0 Å². The molecule has 0 aliphatic carbocycles.